The highest BCUT2D eigenvalue weighted by Crippen LogP contribution is 2.31. The van der Waals surface area contributed by atoms with Crippen molar-refractivity contribution in [3.8, 4) is 5.75 Å². The zero-order valence-corrected chi connectivity index (χ0v) is 10.5. The van der Waals surface area contributed by atoms with Gasteiger partial charge in [0.25, 0.3) is 10.0 Å². The molecule has 2 rings (SSSR count). The minimum absolute atomic E-state index is 0.193. The highest BCUT2D eigenvalue weighted by atomic mass is 32.2. The largest absolute Gasteiger partial charge is 0.497 e. The number of amidine groups is 1. The molecule has 92 valence electrons. The molecule has 5 nitrogen and oxygen atoms in total. The lowest BCUT2D eigenvalue weighted by molar-refractivity contribution is 0.414. The van der Waals surface area contributed by atoms with E-state index in [-0.39, 0.29) is 4.90 Å². The number of hydrogen-bond donors (Lipinski definition) is 1. The van der Waals surface area contributed by atoms with Crippen molar-refractivity contribution in [3.05, 3.63) is 18.2 Å². The Balaban J connectivity index is 2.49. The predicted octanol–water partition coefficient (Wildman–Crippen LogP) is 2.01. The van der Waals surface area contributed by atoms with Crippen LogP contribution in [0.1, 0.15) is 19.8 Å². The summed E-state index contributed by atoms with van der Waals surface area (Å²) in [6, 6.07) is 4.78. The minimum atomic E-state index is -3.57. The number of nitrogens with zero attached hydrogens (tertiary/aromatic N) is 1. The summed E-state index contributed by atoms with van der Waals surface area (Å²) in [6.07, 6.45) is 1.44. The second-order valence-corrected chi connectivity index (χ2v) is 5.32. The Bertz CT molecular complexity index is 564. The molecule has 0 radical (unpaired) electrons. The molecule has 0 aliphatic carbocycles. The number of methoxy groups -OCH3 is 1. The number of fused-ring (bicyclic) bond motifs is 1. The summed E-state index contributed by atoms with van der Waals surface area (Å²) in [5, 5.41) is 3.02. The maximum absolute atomic E-state index is 11.9. The Morgan fingerprint density at radius 3 is 2.82 bits per heavy atom. The molecular weight excluding hydrogens is 240 g/mol. The minimum Gasteiger partial charge on any atom is -0.497 e. The van der Waals surface area contributed by atoms with Gasteiger partial charge in [-0.3, -0.25) is 0 Å². The van der Waals surface area contributed by atoms with Gasteiger partial charge in [0.1, 0.15) is 16.5 Å². The summed E-state index contributed by atoms with van der Waals surface area (Å²) in [6.45, 7) is 1.97. The van der Waals surface area contributed by atoms with Crippen LogP contribution in [0.3, 0.4) is 0 Å². The first kappa shape index (κ1) is 11.9. The summed E-state index contributed by atoms with van der Waals surface area (Å²) >= 11 is 0. The Morgan fingerprint density at radius 1 is 1.41 bits per heavy atom. The Morgan fingerprint density at radius 2 is 2.18 bits per heavy atom. The van der Waals surface area contributed by atoms with E-state index in [0.29, 0.717) is 23.7 Å². The van der Waals surface area contributed by atoms with Crippen LogP contribution in [0.25, 0.3) is 0 Å². The summed E-state index contributed by atoms with van der Waals surface area (Å²) in [7, 11) is -2.03. The van der Waals surface area contributed by atoms with E-state index >= 15 is 0 Å². The topological polar surface area (TPSA) is 67.8 Å². The fraction of sp³-hybridized carbons (Fsp3) is 0.364. The van der Waals surface area contributed by atoms with E-state index in [9.17, 15) is 8.42 Å². The van der Waals surface area contributed by atoms with Gasteiger partial charge in [0.05, 0.1) is 12.8 Å². The first-order chi connectivity index (χ1) is 8.06. The van der Waals surface area contributed by atoms with Gasteiger partial charge in [-0.2, -0.15) is 8.42 Å². The molecule has 0 saturated carbocycles. The molecule has 1 aromatic carbocycles. The van der Waals surface area contributed by atoms with Crippen molar-refractivity contribution in [2.75, 3.05) is 12.4 Å². The molecule has 0 aromatic heterocycles. The zero-order chi connectivity index (χ0) is 12.5. The van der Waals surface area contributed by atoms with Gasteiger partial charge in [-0.1, -0.05) is 6.92 Å². The summed E-state index contributed by atoms with van der Waals surface area (Å²) in [5.74, 6) is 1.09. The number of nitrogens with one attached hydrogen (secondary N) is 1. The normalized spacial score (nSPS) is 16.7. The first-order valence-corrected chi connectivity index (χ1v) is 6.79. The Labute approximate surface area is 101 Å². The highest BCUT2D eigenvalue weighted by Gasteiger charge is 2.24. The number of anilines is 1. The molecule has 0 spiro atoms. The van der Waals surface area contributed by atoms with Crippen LogP contribution >= 0.6 is 0 Å². The lowest BCUT2D eigenvalue weighted by Crippen LogP contribution is -2.21. The summed E-state index contributed by atoms with van der Waals surface area (Å²) in [5.41, 5.74) is 0.530. The molecule has 0 fully saturated rings. The van der Waals surface area contributed by atoms with Crippen molar-refractivity contribution in [2.45, 2.75) is 24.7 Å². The number of sulfonamides is 1. The first-order valence-electron chi connectivity index (χ1n) is 5.35. The molecule has 0 amide bonds. The van der Waals surface area contributed by atoms with Crippen molar-refractivity contribution in [1.82, 2.24) is 0 Å². The van der Waals surface area contributed by atoms with Gasteiger partial charge in [-0.25, -0.2) is 0 Å². The molecule has 1 aliphatic rings. The van der Waals surface area contributed by atoms with E-state index in [1.54, 1.807) is 19.2 Å². The average Bonchev–Trinajstić information content (AvgIpc) is 2.27. The van der Waals surface area contributed by atoms with Crippen LogP contribution in [-0.2, 0) is 10.0 Å². The van der Waals surface area contributed by atoms with Crippen molar-refractivity contribution in [3.63, 3.8) is 0 Å². The third-order valence-corrected chi connectivity index (χ3v) is 3.83. The summed E-state index contributed by atoms with van der Waals surface area (Å²) < 4.78 is 32.6. The fourth-order valence-corrected chi connectivity index (χ4v) is 2.83. The molecule has 1 aliphatic heterocycles. The van der Waals surface area contributed by atoms with Crippen molar-refractivity contribution >= 4 is 21.5 Å². The van der Waals surface area contributed by atoms with Gasteiger partial charge in [0.2, 0.25) is 0 Å². The SMILES string of the molecule is CCCC1=NS(=O)(=O)c2ccc(OC)cc2N1. The third-order valence-electron chi connectivity index (χ3n) is 2.46. The van der Waals surface area contributed by atoms with E-state index in [4.69, 9.17) is 4.74 Å². The van der Waals surface area contributed by atoms with Crippen molar-refractivity contribution in [1.29, 1.82) is 0 Å². The molecule has 0 bridgehead atoms. The Kier molecular flexibility index (Phi) is 3.06. The van der Waals surface area contributed by atoms with Gasteiger partial charge in [0, 0.05) is 12.5 Å². The van der Waals surface area contributed by atoms with Gasteiger partial charge in [-0.15, -0.1) is 4.40 Å². The maximum atomic E-state index is 11.9. The van der Waals surface area contributed by atoms with Crippen LogP contribution in [0.2, 0.25) is 0 Å². The lowest BCUT2D eigenvalue weighted by Gasteiger charge is -2.18. The van der Waals surface area contributed by atoms with E-state index in [1.807, 2.05) is 6.92 Å². The fourth-order valence-electron chi connectivity index (χ4n) is 1.68. The number of benzene rings is 1. The number of ether oxygens (including phenoxy) is 1. The van der Waals surface area contributed by atoms with Gasteiger partial charge >= 0.3 is 0 Å². The van der Waals surface area contributed by atoms with Crippen LogP contribution < -0.4 is 10.1 Å². The zero-order valence-electron chi connectivity index (χ0n) is 9.73. The average molecular weight is 254 g/mol. The van der Waals surface area contributed by atoms with E-state index in [1.165, 1.54) is 6.07 Å². The molecule has 1 N–H and O–H groups in total. The van der Waals surface area contributed by atoms with Crippen LogP contribution in [0.5, 0.6) is 5.75 Å². The Hall–Kier alpha value is -1.56. The molecule has 6 heteroatoms. The molecule has 1 aromatic rings. The van der Waals surface area contributed by atoms with E-state index in [0.717, 1.165) is 6.42 Å². The highest BCUT2D eigenvalue weighted by molar-refractivity contribution is 7.90. The van der Waals surface area contributed by atoms with Crippen LogP contribution in [0.15, 0.2) is 27.5 Å². The van der Waals surface area contributed by atoms with Crippen LogP contribution in [0, 0.1) is 0 Å². The lowest BCUT2D eigenvalue weighted by atomic mass is 10.2. The van der Waals surface area contributed by atoms with Crippen LogP contribution in [-0.4, -0.2) is 21.4 Å². The van der Waals surface area contributed by atoms with Crippen LogP contribution in [0.4, 0.5) is 5.69 Å². The maximum Gasteiger partial charge on any atom is 0.286 e. The van der Waals surface area contributed by atoms with E-state index in [2.05, 4.69) is 9.71 Å². The molecular formula is C11H14N2O3S. The van der Waals surface area contributed by atoms with Crippen molar-refractivity contribution < 1.29 is 13.2 Å². The number of hydrogen-bond acceptors (Lipinski definition) is 4. The second-order valence-electron chi connectivity index (χ2n) is 3.75. The van der Waals surface area contributed by atoms with Crippen molar-refractivity contribution in [2.24, 2.45) is 4.40 Å². The number of rotatable bonds is 3. The molecule has 0 saturated heterocycles. The molecule has 1 heterocycles. The predicted molar refractivity (Wildman–Crippen MR) is 66.1 cm³/mol. The molecule has 0 unspecified atom stereocenters. The quantitative estimate of drug-likeness (QED) is 0.896. The monoisotopic (exact) mass is 254 g/mol. The van der Waals surface area contributed by atoms with E-state index < -0.39 is 10.0 Å². The summed E-state index contributed by atoms with van der Waals surface area (Å²) in [4.78, 5) is 0.193. The van der Waals surface area contributed by atoms with Gasteiger partial charge < -0.3 is 10.1 Å². The standard InChI is InChI=1S/C11H14N2O3S/c1-3-4-11-12-9-7-8(16-2)5-6-10(9)17(14,15)13-11/h5-7H,3-4H2,1-2H3,(H,12,13). The third kappa shape index (κ3) is 2.26. The smallest absolute Gasteiger partial charge is 0.286 e. The van der Waals surface area contributed by atoms with Gasteiger partial charge in [0.15, 0.2) is 0 Å². The molecule has 17 heavy (non-hydrogen) atoms. The molecule has 0 atom stereocenters. The second kappa shape index (κ2) is 4.37. The van der Waals surface area contributed by atoms with Gasteiger partial charge in [-0.05, 0) is 18.6 Å².